The van der Waals surface area contributed by atoms with Gasteiger partial charge in [-0.15, -0.1) is 0 Å². The van der Waals surface area contributed by atoms with Crippen LogP contribution in [-0.4, -0.2) is 19.0 Å². The molecule has 0 aliphatic carbocycles. The van der Waals surface area contributed by atoms with Crippen LogP contribution in [0.15, 0.2) is 29.3 Å². The van der Waals surface area contributed by atoms with E-state index < -0.39 is 0 Å². The van der Waals surface area contributed by atoms with Gasteiger partial charge in [0.05, 0.1) is 6.61 Å². The first-order valence-electron chi connectivity index (χ1n) is 9.89. The number of aliphatic imine (C=N–C) groups is 1. The topological polar surface area (TPSA) is 21.6 Å². The Morgan fingerprint density at radius 3 is 2.26 bits per heavy atom. The Balaban J connectivity index is 1.80. The maximum absolute atomic E-state index is 5.53. The number of hydrogen-bond acceptors (Lipinski definition) is 2. The molecule has 0 aromatic heterocycles. The van der Waals surface area contributed by atoms with Crippen molar-refractivity contribution in [2.75, 3.05) is 13.2 Å². The lowest BCUT2D eigenvalue weighted by Gasteiger charge is -2.13. The van der Waals surface area contributed by atoms with Crippen molar-refractivity contribution < 1.29 is 4.74 Å². The van der Waals surface area contributed by atoms with Gasteiger partial charge >= 0.3 is 0 Å². The van der Waals surface area contributed by atoms with Crippen LogP contribution in [0.25, 0.3) is 0 Å². The molecule has 1 aliphatic rings. The molecule has 0 fully saturated rings. The molecule has 0 radical (unpaired) electrons. The van der Waals surface area contributed by atoms with Crippen LogP contribution in [0.5, 0.6) is 0 Å². The van der Waals surface area contributed by atoms with Crippen LogP contribution >= 0.6 is 0 Å². The molecule has 2 nitrogen and oxygen atoms in total. The first-order valence-corrected chi connectivity index (χ1v) is 9.89. The van der Waals surface area contributed by atoms with Gasteiger partial charge in [0.15, 0.2) is 5.90 Å². The average molecular weight is 320 g/mol. The van der Waals surface area contributed by atoms with Crippen LogP contribution in [0.1, 0.15) is 90.4 Å². The summed E-state index contributed by atoms with van der Waals surface area (Å²) in [5.74, 6) is 1.00. The summed E-state index contributed by atoms with van der Waals surface area (Å²) in [6, 6.07) is 0. The van der Waals surface area contributed by atoms with Gasteiger partial charge in [0.1, 0.15) is 0 Å². The standard InChI is InChI=1S/C21H37NO/c1-2-3-4-5-6-7-8-9-10-11-12-13-14-15-16-18-21-22-19-17-20-23-21/h6-7,9-10H,2-5,8,11-20H2,1H3. The molecule has 0 spiro atoms. The molecular formula is C21H37NO. The van der Waals surface area contributed by atoms with Crippen molar-refractivity contribution >= 4 is 5.90 Å². The van der Waals surface area contributed by atoms with Crippen LogP contribution in [0.3, 0.4) is 0 Å². The molecule has 0 bridgehead atoms. The number of unbranched alkanes of at least 4 members (excludes halogenated alkanes) is 8. The van der Waals surface area contributed by atoms with Gasteiger partial charge in [-0.25, -0.2) is 0 Å². The molecule has 0 saturated heterocycles. The predicted octanol–water partition coefficient (Wildman–Crippen LogP) is 6.62. The Bertz CT molecular complexity index is 344. The monoisotopic (exact) mass is 319 g/mol. The first-order chi connectivity index (χ1) is 11.4. The zero-order valence-corrected chi connectivity index (χ0v) is 15.3. The van der Waals surface area contributed by atoms with E-state index in [9.17, 15) is 0 Å². The van der Waals surface area contributed by atoms with Crippen molar-refractivity contribution in [2.45, 2.75) is 90.4 Å². The summed E-state index contributed by atoms with van der Waals surface area (Å²) in [5, 5.41) is 0. The molecular weight excluding hydrogens is 282 g/mol. The highest BCUT2D eigenvalue weighted by Crippen LogP contribution is 2.10. The average Bonchev–Trinajstić information content (AvgIpc) is 2.59. The van der Waals surface area contributed by atoms with Gasteiger partial charge in [-0.05, 0) is 38.5 Å². The smallest absolute Gasteiger partial charge is 0.183 e. The van der Waals surface area contributed by atoms with Crippen molar-refractivity contribution in [3.63, 3.8) is 0 Å². The summed E-state index contributed by atoms with van der Waals surface area (Å²) in [6.45, 7) is 4.10. The Kier molecular flexibility index (Phi) is 13.8. The van der Waals surface area contributed by atoms with Crippen molar-refractivity contribution in [2.24, 2.45) is 4.99 Å². The predicted molar refractivity (Wildman–Crippen MR) is 102 cm³/mol. The fraction of sp³-hybridized carbons (Fsp3) is 0.762. The third kappa shape index (κ3) is 13.1. The highest BCUT2D eigenvalue weighted by atomic mass is 16.5. The molecule has 1 rings (SSSR count). The first kappa shape index (κ1) is 20.0. The minimum Gasteiger partial charge on any atom is -0.481 e. The highest BCUT2D eigenvalue weighted by molar-refractivity contribution is 5.76. The summed E-state index contributed by atoms with van der Waals surface area (Å²) in [6.07, 6.45) is 25.6. The van der Waals surface area contributed by atoms with E-state index in [4.69, 9.17) is 4.74 Å². The lowest BCUT2D eigenvalue weighted by molar-refractivity contribution is 0.272. The lowest BCUT2D eigenvalue weighted by atomic mass is 10.1. The van der Waals surface area contributed by atoms with Crippen LogP contribution in [-0.2, 0) is 4.74 Å². The van der Waals surface area contributed by atoms with E-state index in [1.807, 2.05) is 0 Å². The zero-order valence-electron chi connectivity index (χ0n) is 15.3. The fourth-order valence-corrected chi connectivity index (χ4v) is 2.74. The van der Waals surface area contributed by atoms with Crippen molar-refractivity contribution in [1.29, 1.82) is 0 Å². The fourth-order valence-electron chi connectivity index (χ4n) is 2.74. The molecule has 132 valence electrons. The molecule has 0 aromatic rings. The normalized spacial score (nSPS) is 15.3. The van der Waals surface area contributed by atoms with E-state index in [0.717, 1.165) is 38.3 Å². The van der Waals surface area contributed by atoms with Crippen LogP contribution in [0, 0.1) is 0 Å². The quantitative estimate of drug-likeness (QED) is 0.260. The zero-order chi connectivity index (χ0) is 16.4. The van der Waals surface area contributed by atoms with Gasteiger partial charge in [-0.2, -0.15) is 0 Å². The Morgan fingerprint density at radius 2 is 1.57 bits per heavy atom. The molecule has 2 heteroatoms. The van der Waals surface area contributed by atoms with E-state index in [0.29, 0.717) is 0 Å². The number of rotatable bonds is 14. The van der Waals surface area contributed by atoms with Gasteiger partial charge in [0.2, 0.25) is 0 Å². The van der Waals surface area contributed by atoms with Crippen molar-refractivity contribution in [3.05, 3.63) is 24.3 Å². The molecule has 0 saturated carbocycles. The molecule has 1 heterocycles. The summed E-state index contributed by atoms with van der Waals surface area (Å²) in [4.78, 5) is 4.41. The minimum atomic E-state index is 0.874. The van der Waals surface area contributed by atoms with Crippen molar-refractivity contribution in [1.82, 2.24) is 0 Å². The molecule has 0 N–H and O–H groups in total. The summed E-state index contributed by atoms with van der Waals surface area (Å²) in [7, 11) is 0. The second-order valence-corrected chi connectivity index (χ2v) is 6.46. The maximum atomic E-state index is 5.53. The van der Waals surface area contributed by atoms with Gasteiger partial charge in [-0.3, -0.25) is 4.99 Å². The van der Waals surface area contributed by atoms with E-state index >= 15 is 0 Å². The Labute approximate surface area is 144 Å². The molecule has 23 heavy (non-hydrogen) atoms. The summed E-state index contributed by atoms with van der Waals surface area (Å²) in [5.41, 5.74) is 0. The van der Waals surface area contributed by atoms with Crippen LogP contribution in [0.4, 0.5) is 0 Å². The van der Waals surface area contributed by atoms with Gasteiger partial charge in [-0.1, -0.05) is 63.3 Å². The highest BCUT2D eigenvalue weighted by Gasteiger charge is 2.04. The van der Waals surface area contributed by atoms with Gasteiger partial charge in [0, 0.05) is 19.4 Å². The van der Waals surface area contributed by atoms with E-state index in [2.05, 4.69) is 36.2 Å². The number of allylic oxidation sites excluding steroid dienone is 4. The molecule has 0 unspecified atom stereocenters. The third-order valence-corrected chi connectivity index (χ3v) is 4.20. The van der Waals surface area contributed by atoms with E-state index in [1.165, 1.54) is 64.2 Å². The van der Waals surface area contributed by atoms with E-state index in [-0.39, 0.29) is 0 Å². The largest absolute Gasteiger partial charge is 0.481 e. The van der Waals surface area contributed by atoms with Gasteiger partial charge < -0.3 is 4.74 Å². The third-order valence-electron chi connectivity index (χ3n) is 4.20. The second-order valence-electron chi connectivity index (χ2n) is 6.46. The van der Waals surface area contributed by atoms with Crippen LogP contribution < -0.4 is 0 Å². The Morgan fingerprint density at radius 1 is 0.870 bits per heavy atom. The van der Waals surface area contributed by atoms with E-state index in [1.54, 1.807) is 0 Å². The number of hydrogen-bond donors (Lipinski definition) is 0. The molecule has 1 aliphatic heterocycles. The number of nitrogens with zero attached hydrogens (tertiary/aromatic N) is 1. The second kappa shape index (κ2) is 15.8. The minimum absolute atomic E-state index is 0.874. The SMILES string of the molecule is CCCCCC=CCC=CCCCCCCCC1=NCCCO1. The molecule has 0 atom stereocenters. The van der Waals surface area contributed by atoms with Gasteiger partial charge in [0.25, 0.3) is 0 Å². The maximum Gasteiger partial charge on any atom is 0.183 e. The van der Waals surface area contributed by atoms with Crippen LogP contribution in [0.2, 0.25) is 0 Å². The molecule has 0 aromatic carbocycles. The molecule has 0 amide bonds. The summed E-state index contributed by atoms with van der Waals surface area (Å²) >= 11 is 0. The lowest BCUT2D eigenvalue weighted by Crippen LogP contribution is -2.13. The summed E-state index contributed by atoms with van der Waals surface area (Å²) < 4.78 is 5.53. The van der Waals surface area contributed by atoms with Crippen molar-refractivity contribution in [3.8, 4) is 0 Å². The Hall–Kier alpha value is -1.05. The number of ether oxygens (including phenoxy) is 1.